The molecule has 32 heavy (non-hydrogen) atoms. The van der Waals surface area contributed by atoms with Crippen LogP contribution in [0.5, 0.6) is 11.5 Å². The van der Waals surface area contributed by atoms with Crippen LogP contribution in [-0.2, 0) is 4.79 Å². The maximum absolute atomic E-state index is 12.2. The van der Waals surface area contributed by atoms with Crippen molar-refractivity contribution in [2.45, 2.75) is 25.8 Å². The fraction of sp³-hybridized carbons (Fsp3) is 0.360. The van der Waals surface area contributed by atoms with Gasteiger partial charge in [-0.05, 0) is 61.3 Å². The van der Waals surface area contributed by atoms with Gasteiger partial charge in [-0.25, -0.2) is 4.79 Å². The maximum atomic E-state index is 12.2. The van der Waals surface area contributed by atoms with Crippen molar-refractivity contribution >= 4 is 16.9 Å². The first kappa shape index (κ1) is 21.9. The summed E-state index contributed by atoms with van der Waals surface area (Å²) in [6.45, 7) is 4.77. The summed E-state index contributed by atoms with van der Waals surface area (Å²) in [6, 6.07) is 14.6. The lowest BCUT2D eigenvalue weighted by Gasteiger charge is -2.22. The summed E-state index contributed by atoms with van der Waals surface area (Å²) >= 11 is 0. The number of hydrogen-bond acceptors (Lipinski definition) is 6. The number of fused-ring (bicyclic) bond motifs is 1. The predicted octanol–water partition coefficient (Wildman–Crippen LogP) is 3.45. The number of amides is 1. The standard InChI is InChI=1S/C25H28N2O5/c1-3-27-12-4-5-18(27)15-26-24(28)16-31-20-10-11-21-22(14-25(29)32-23(21)13-20)17-6-8-19(30-2)9-7-17/h6-11,13-14,18H,3-5,12,15-16H2,1-2H3,(H,26,28)/t18-/m0/s1. The monoisotopic (exact) mass is 436 g/mol. The number of rotatable bonds is 8. The molecule has 1 aliphatic heterocycles. The van der Waals surface area contributed by atoms with E-state index in [4.69, 9.17) is 13.9 Å². The lowest BCUT2D eigenvalue weighted by Crippen LogP contribution is -2.41. The Kier molecular flexibility index (Phi) is 6.75. The first-order valence-electron chi connectivity index (χ1n) is 10.9. The number of nitrogens with one attached hydrogen (secondary N) is 1. The molecule has 3 aromatic rings. The first-order valence-corrected chi connectivity index (χ1v) is 10.9. The number of likely N-dealkylation sites (N-methyl/N-ethyl adjacent to an activating group) is 1. The second-order valence-corrected chi connectivity index (χ2v) is 7.88. The van der Waals surface area contributed by atoms with Gasteiger partial charge in [0.25, 0.3) is 5.91 Å². The predicted molar refractivity (Wildman–Crippen MR) is 123 cm³/mol. The Morgan fingerprint density at radius 2 is 1.94 bits per heavy atom. The highest BCUT2D eigenvalue weighted by atomic mass is 16.5. The number of nitrogens with zero attached hydrogens (tertiary/aromatic N) is 1. The van der Waals surface area contributed by atoms with E-state index < -0.39 is 5.63 Å². The highest BCUT2D eigenvalue weighted by molar-refractivity contribution is 5.93. The van der Waals surface area contributed by atoms with Crippen LogP contribution in [0.15, 0.2) is 57.7 Å². The molecule has 1 fully saturated rings. The minimum atomic E-state index is -0.449. The number of carbonyl (C=O) groups excluding carboxylic acids is 1. The molecular formula is C25H28N2O5. The van der Waals surface area contributed by atoms with Crippen molar-refractivity contribution in [3.63, 3.8) is 0 Å². The average molecular weight is 437 g/mol. The number of likely N-dealkylation sites (tertiary alicyclic amines) is 1. The molecule has 2 heterocycles. The van der Waals surface area contributed by atoms with Crippen LogP contribution in [0.4, 0.5) is 0 Å². The molecule has 2 aromatic carbocycles. The van der Waals surface area contributed by atoms with E-state index in [2.05, 4.69) is 17.1 Å². The van der Waals surface area contributed by atoms with Crippen LogP contribution < -0.4 is 20.4 Å². The summed E-state index contributed by atoms with van der Waals surface area (Å²) in [5.74, 6) is 1.05. The molecule has 0 bridgehead atoms. The topological polar surface area (TPSA) is 81.0 Å². The van der Waals surface area contributed by atoms with Gasteiger partial charge in [-0.15, -0.1) is 0 Å². The Morgan fingerprint density at radius 1 is 1.16 bits per heavy atom. The Bertz CT molecular complexity index is 1140. The van der Waals surface area contributed by atoms with Gasteiger partial charge in [0, 0.05) is 30.1 Å². The third-order valence-corrected chi connectivity index (χ3v) is 5.93. The zero-order valence-corrected chi connectivity index (χ0v) is 18.4. The van der Waals surface area contributed by atoms with E-state index in [0.29, 0.717) is 23.9 Å². The van der Waals surface area contributed by atoms with E-state index in [9.17, 15) is 9.59 Å². The lowest BCUT2D eigenvalue weighted by molar-refractivity contribution is -0.123. The van der Waals surface area contributed by atoms with Crippen molar-refractivity contribution in [1.82, 2.24) is 10.2 Å². The summed E-state index contributed by atoms with van der Waals surface area (Å²) in [7, 11) is 1.61. The van der Waals surface area contributed by atoms with E-state index in [1.165, 1.54) is 12.5 Å². The van der Waals surface area contributed by atoms with Gasteiger partial charge in [-0.3, -0.25) is 9.69 Å². The molecule has 0 spiro atoms. The van der Waals surface area contributed by atoms with Gasteiger partial charge in [0.15, 0.2) is 6.61 Å². The molecule has 1 atom stereocenters. The molecule has 168 valence electrons. The Hall–Kier alpha value is -3.32. The normalized spacial score (nSPS) is 16.2. The fourth-order valence-corrected chi connectivity index (χ4v) is 4.22. The summed E-state index contributed by atoms with van der Waals surface area (Å²) in [4.78, 5) is 26.8. The molecule has 0 aliphatic carbocycles. The van der Waals surface area contributed by atoms with Crippen LogP contribution in [0.2, 0.25) is 0 Å². The van der Waals surface area contributed by atoms with Gasteiger partial charge in [-0.2, -0.15) is 0 Å². The van der Waals surface area contributed by atoms with Crippen LogP contribution in [0.3, 0.4) is 0 Å². The van der Waals surface area contributed by atoms with Crippen molar-refractivity contribution < 1.29 is 18.7 Å². The third kappa shape index (κ3) is 4.94. The van der Waals surface area contributed by atoms with E-state index in [-0.39, 0.29) is 12.5 Å². The largest absolute Gasteiger partial charge is 0.497 e. The Labute approximate surface area is 186 Å². The number of methoxy groups -OCH3 is 1. The Balaban J connectivity index is 1.44. The zero-order valence-electron chi connectivity index (χ0n) is 18.4. The minimum Gasteiger partial charge on any atom is -0.497 e. The lowest BCUT2D eigenvalue weighted by atomic mass is 10.0. The minimum absolute atomic E-state index is 0.0905. The summed E-state index contributed by atoms with van der Waals surface area (Å²) < 4.78 is 16.2. The van der Waals surface area contributed by atoms with Crippen molar-refractivity contribution in [2.24, 2.45) is 0 Å². The van der Waals surface area contributed by atoms with Gasteiger partial charge in [-0.1, -0.05) is 19.1 Å². The first-order chi connectivity index (χ1) is 15.6. The molecule has 0 saturated carbocycles. The highest BCUT2D eigenvalue weighted by Gasteiger charge is 2.23. The third-order valence-electron chi connectivity index (χ3n) is 5.93. The molecule has 1 aliphatic rings. The van der Waals surface area contributed by atoms with Crippen LogP contribution in [0.1, 0.15) is 19.8 Å². The number of benzene rings is 2. The van der Waals surface area contributed by atoms with Gasteiger partial charge in [0.05, 0.1) is 7.11 Å². The molecule has 1 N–H and O–H groups in total. The van der Waals surface area contributed by atoms with E-state index >= 15 is 0 Å². The van der Waals surface area contributed by atoms with E-state index in [0.717, 1.165) is 41.8 Å². The smallest absolute Gasteiger partial charge is 0.336 e. The van der Waals surface area contributed by atoms with Gasteiger partial charge in [0.1, 0.15) is 17.1 Å². The quantitative estimate of drug-likeness (QED) is 0.545. The number of ether oxygens (including phenoxy) is 2. The average Bonchev–Trinajstić information content (AvgIpc) is 3.28. The van der Waals surface area contributed by atoms with Crippen molar-refractivity contribution in [1.29, 1.82) is 0 Å². The molecule has 0 radical (unpaired) electrons. The van der Waals surface area contributed by atoms with Crippen molar-refractivity contribution in [3.8, 4) is 22.6 Å². The zero-order chi connectivity index (χ0) is 22.5. The van der Waals surface area contributed by atoms with Gasteiger partial charge < -0.3 is 19.2 Å². The number of carbonyl (C=O) groups is 1. The fourth-order valence-electron chi connectivity index (χ4n) is 4.22. The maximum Gasteiger partial charge on any atom is 0.336 e. The summed E-state index contributed by atoms with van der Waals surface area (Å²) in [5.41, 5.74) is 1.60. The Morgan fingerprint density at radius 3 is 2.69 bits per heavy atom. The molecule has 1 amide bonds. The highest BCUT2D eigenvalue weighted by Crippen LogP contribution is 2.30. The van der Waals surface area contributed by atoms with Crippen molar-refractivity contribution in [3.05, 3.63) is 59.0 Å². The van der Waals surface area contributed by atoms with Crippen LogP contribution >= 0.6 is 0 Å². The molecule has 1 saturated heterocycles. The second kappa shape index (κ2) is 9.87. The van der Waals surface area contributed by atoms with Crippen LogP contribution in [0.25, 0.3) is 22.1 Å². The summed E-state index contributed by atoms with van der Waals surface area (Å²) in [6.07, 6.45) is 2.28. The van der Waals surface area contributed by atoms with Crippen LogP contribution in [0, 0.1) is 0 Å². The molecule has 0 unspecified atom stereocenters. The van der Waals surface area contributed by atoms with Gasteiger partial charge in [0.2, 0.25) is 0 Å². The van der Waals surface area contributed by atoms with Crippen molar-refractivity contribution in [2.75, 3.05) is 33.4 Å². The number of hydrogen-bond donors (Lipinski definition) is 1. The van der Waals surface area contributed by atoms with E-state index in [1.54, 1.807) is 19.2 Å². The molecule has 7 heteroatoms. The van der Waals surface area contributed by atoms with Gasteiger partial charge >= 0.3 is 5.63 Å². The second-order valence-electron chi connectivity index (χ2n) is 7.88. The molecular weight excluding hydrogens is 408 g/mol. The van der Waals surface area contributed by atoms with E-state index in [1.807, 2.05) is 30.3 Å². The SMILES string of the molecule is CCN1CCC[C@H]1CNC(=O)COc1ccc2c(-c3ccc(OC)cc3)cc(=O)oc2c1. The summed E-state index contributed by atoms with van der Waals surface area (Å²) in [5, 5.41) is 3.74. The molecule has 7 nitrogen and oxygen atoms in total. The molecule has 4 rings (SSSR count). The molecule has 1 aromatic heterocycles. The van der Waals surface area contributed by atoms with Crippen LogP contribution in [-0.4, -0.2) is 50.2 Å².